The lowest BCUT2D eigenvalue weighted by Crippen LogP contribution is -2.33. The van der Waals surface area contributed by atoms with Crippen LogP contribution in [0.2, 0.25) is 0 Å². The lowest BCUT2D eigenvalue weighted by atomic mass is 10.1. The van der Waals surface area contributed by atoms with Crippen LogP contribution in [-0.2, 0) is 22.4 Å². The van der Waals surface area contributed by atoms with Gasteiger partial charge in [0.1, 0.15) is 30.3 Å². The molecule has 9 nitrogen and oxygen atoms in total. The third-order valence-electron chi connectivity index (χ3n) is 7.25. The highest BCUT2D eigenvalue weighted by atomic mass is 19.4. The number of hydrogen-bond donors (Lipinski definition) is 2. The van der Waals surface area contributed by atoms with Gasteiger partial charge in [0, 0.05) is 19.6 Å². The molecular formula is C35H53F3N4O5. The molecule has 2 aromatic rings. The van der Waals surface area contributed by atoms with Gasteiger partial charge in [-0.2, -0.15) is 13.2 Å². The highest BCUT2D eigenvalue weighted by molar-refractivity contribution is 5.67. The Bertz CT molecular complexity index is 1130. The van der Waals surface area contributed by atoms with Gasteiger partial charge in [0.05, 0.1) is 0 Å². The highest BCUT2D eigenvalue weighted by Gasteiger charge is 2.25. The van der Waals surface area contributed by atoms with Gasteiger partial charge in [-0.05, 0) is 127 Å². The van der Waals surface area contributed by atoms with Gasteiger partial charge >= 0.3 is 12.3 Å². The van der Waals surface area contributed by atoms with Crippen LogP contribution in [0.4, 0.5) is 18.0 Å². The van der Waals surface area contributed by atoms with Gasteiger partial charge < -0.3 is 25.3 Å². The summed E-state index contributed by atoms with van der Waals surface area (Å²) in [6, 6.07) is 16.3. The summed E-state index contributed by atoms with van der Waals surface area (Å²) in [6.45, 7) is 15.3. The second-order valence-corrected chi connectivity index (χ2v) is 12.5. The van der Waals surface area contributed by atoms with E-state index in [1.165, 1.54) is 57.4 Å². The summed E-state index contributed by atoms with van der Waals surface area (Å²) in [5.41, 5.74) is 7.49. The fourth-order valence-electron chi connectivity index (χ4n) is 4.89. The summed E-state index contributed by atoms with van der Waals surface area (Å²) < 4.78 is 48.0. The Hall–Kier alpha value is -3.35. The topological polar surface area (TPSA) is 106 Å². The van der Waals surface area contributed by atoms with Crippen molar-refractivity contribution in [3.05, 3.63) is 59.7 Å². The van der Waals surface area contributed by atoms with Crippen LogP contribution in [0.1, 0.15) is 57.6 Å². The van der Waals surface area contributed by atoms with Crippen LogP contribution in [0.5, 0.6) is 11.5 Å². The van der Waals surface area contributed by atoms with Crippen LogP contribution in [0.3, 0.4) is 0 Å². The van der Waals surface area contributed by atoms with Crippen molar-refractivity contribution in [2.45, 2.75) is 71.1 Å². The minimum Gasteiger partial charge on any atom is -0.492 e. The maximum absolute atomic E-state index is 11.6. The molecule has 47 heavy (non-hydrogen) atoms. The van der Waals surface area contributed by atoms with E-state index >= 15 is 0 Å². The Balaban J connectivity index is 0.000000289. The minimum atomic E-state index is -4.64. The van der Waals surface area contributed by atoms with Crippen molar-refractivity contribution in [3.63, 3.8) is 0 Å². The Morgan fingerprint density at radius 2 is 1.19 bits per heavy atom. The molecule has 0 aliphatic carbocycles. The quantitative estimate of drug-likeness (QED) is 0.265. The van der Waals surface area contributed by atoms with Crippen LogP contribution in [0.15, 0.2) is 48.5 Å². The number of alkyl carbamates (subject to hydrolysis) is 1. The van der Waals surface area contributed by atoms with Crippen molar-refractivity contribution in [2.24, 2.45) is 5.73 Å². The van der Waals surface area contributed by atoms with Gasteiger partial charge in [0.25, 0.3) is 0 Å². The number of ether oxygens (including phenoxy) is 3. The molecule has 0 atom stereocenters. The minimum absolute atomic E-state index is 0.371. The third-order valence-corrected chi connectivity index (χ3v) is 7.25. The molecule has 0 unspecified atom stereocenters. The number of nitrogens with one attached hydrogen (secondary N) is 1. The molecule has 3 N–H and O–H groups in total. The van der Waals surface area contributed by atoms with E-state index < -0.39 is 18.1 Å². The number of hydrogen-bond acceptors (Lipinski definition) is 8. The first-order valence-electron chi connectivity index (χ1n) is 16.4. The van der Waals surface area contributed by atoms with Crippen molar-refractivity contribution < 1.29 is 37.0 Å². The zero-order valence-corrected chi connectivity index (χ0v) is 28.2. The first-order chi connectivity index (χ1) is 22.4. The summed E-state index contributed by atoms with van der Waals surface area (Å²) in [7, 11) is 0. The predicted molar refractivity (Wildman–Crippen MR) is 178 cm³/mol. The molecule has 264 valence electrons. The van der Waals surface area contributed by atoms with Crippen LogP contribution < -0.4 is 20.5 Å². The molecule has 0 saturated carbocycles. The Labute approximate surface area is 277 Å². The number of alkyl halides is 3. The van der Waals surface area contributed by atoms with E-state index in [9.17, 15) is 18.0 Å². The fraction of sp³-hybridized carbons (Fsp3) is 0.600. The Kier molecular flexibility index (Phi) is 18.2. The van der Waals surface area contributed by atoms with E-state index in [0.717, 1.165) is 56.2 Å². The monoisotopic (exact) mass is 666 g/mol. The Morgan fingerprint density at radius 3 is 1.55 bits per heavy atom. The lowest BCUT2D eigenvalue weighted by Gasteiger charge is -2.19. The highest BCUT2D eigenvalue weighted by Crippen LogP contribution is 2.15. The van der Waals surface area contributed by atoms with E-state index in [1.54, 1.807) is 0 Å². The molecule has 0 aromatic heterocycles. The van der Waals surface area contributed by atoms with Crippen molar-refractivity contribution in [3.8, 4) is 11.5 Å². The predicted octanol–water partition coefficient (Wildman–Crippen LogP) is 5.64. The SMILES string of the molecule is CC(C)(C)OC(=O)NCCc1ccc(OCCN2CCCC2)cc1.NCCc1ccc(OCCN2CCCC2)cc1.O=CC(F)(F)F. The average molecular weight is 667 g/mol. The fourth-order valence-corrected chi connectivity index (χ4v) is 4.89. The first kappa shape index (κ1) is 39.8. The zero-order valence-electron chi connectivity index (χ0n) is 28.2. The largest absolute Gasteiger partial charge is 0.492 e. The number of halogens is 3. The van der Waals surface area contributed by atoms with Crippen molar-refractivity contribution >= 4 is 12.4 Å². The van der Waals surface area contributed by atoms with Crippen molar-refractivity contribution in [2.75, 3.05) is 65.6 Å². The van der Waals surface area contributed by atoms with Gasteiger partial charge in [0.15, 0.2) is 0 Å². The molecule has 4 rings (SSSR count). The van der Waals surface area contributed by atoms with Gasteiger partial charge in [-0.15, -0.1) is 0 Å². The number of benzene rings is 2. The summed E-state index contributed by atoms with van der Waals surface area (Å²) in [5.74, 6) is 1.86. The second kappa shape index (κ2) is 21.5. The summed E-state index contributed by atoms with van der Waals surface area (Å²) >= 11 is 0. The number of carbonyl (C=O) groups is 2. The van der Waals surface area contributed by atoms with Crippen LogP contribution in [-0.4, -0.2) is 99.5 Å². The molecule has 2 aliphatic rings. The molecule has 2 saturated heterocycles. The van der Waals surface area contributed by atoms with Crippen LogP contribution >= 0.6 is 0 Å². The van der Waals surface area contributed by atoms with Crippen LogP contribution in [0.25, 0.3) is 0 Å². The number of amides is 1. The molecule has 12 heteroatoms. The van der Waals surface area contributed by atoms with Gasteiger partial charge in [0.2, 0.25) is 6.29 Å². The third kappa shape index (κ3) is 19.8. The number of aldehydes is 1. The number of likely N-dealkylation sites (tertiary alicyclic amines) is 2. The summed E-state index contributed by atoms with van der Waals surface area (Å²) in [6.07, 6.45) is 0.943. The summed E-state index contributed by atoms with van der Waals surface area (Å²) in [4.78, 5) is 25.2. The number of nitrogens with zero attached hydrogens (tertiary/aromatic N) is 2. The smallest absolute Gasteiger partial charge is 0.446 e. The van der Waals surface area contributed by atoms with E-state index in [0.29, 0.717) is 13.1 Å². The maximum Gasteiger partial charge on any atom is 0.446 e. The van der Waals surface area contributed by atoms with Gasteiger partial charge in [-0.1, -0.05) is 24.3 Å². The molecule has 2 aliphatic heterocycles. The molecular weight excluding hydrogens is 613 g/mol. The zero-order chi connectivity index (χ0) is 34.5. The van der Waals surface area contributed by atoms with Crippen LogP contribution in [0, 0.1) is 0 Å². The number of carbonyl (C=O) groups excluding carboxylic acids is 2. The normalized spacial score (nSPS) is 15.1. The van der Waals surface area contributed by atoms with E-state index in [4.69, 9.17) is 24.7 Å². The first-order valence-corrected chi connectivity index (χ1v) is 16.4. The van der Waals surface area contributed by atoms with Gasteiger partial charge in [-0.25, -0.2) is 4.79 Å². The van der Waals surface area contributed by atoms with E-state index in [2.05, 4.69) is 27.2 Å². The molecule has 1 amide bonds. The van der Waals surface area contributed by atoms with Crippen molar-refractivity contribution in [1.82, 2.24) is 15.1 Å². The average Bonchev–Trinajstić information content (AvgIpc) is 3.74. The maximum atomic E-state index is 11.6. The van der Waals surface area contributed by atoms with Crippen molar-refractivity contribution in [1.29, 1.82) is 0 Å². The number of nitrogens with two attached hydrogens (primary N) is 1. The Morgan fingerprint density at radius 1 is 0.787 bits per heavy atom. The molecule has 0 spiro atoms. The molecule has 2 aromatic carbocycles. The summed E-state index contributed by atoms with van der Waals surface area (Å²) in [5, 5.41) is 2.77. The van der Waals surface area contributed by atoms with Gasteiger partial charge in [-0.3, -0.25) is 14.6 Å². The lowest BCUT2D eigenvalue weighted by molar-refractivity contribution is -0.156. The standard InChI is InChI=1S/C19H30N2O3.C14H22N2O.C2HF3O/c1-19(2,3)24-18(22)20-11-10-16-6-8-17(9-7-16)23-15-14-21-12-4-5-13-21;15-8-7-13-3-5-14(6-4-13)17-12-11-16-9-1-2-10-16;3-2(4,5)1-6/h6-9H,4-5,10-15H2,1-3H3,(H,20,22);3-6H,1-2,7-12,15H2;1H. The number of rotatable bonds is 13. The molecule has 2 heterocycles. The van der Waals surface area contributed by atoms with E-state index in [1.807, 2.05) is 57.2 Å². The molecule has 0 bridgehead atoms. The molecule has 0 radical (unpaired) electrons. The molecule has 2 fully saturated rings. The van der Waals surface area contributed by atoms with E-state index in [-0.39, 0.29) is 6.09 Å². The second-order valence-electron chi connectivity index (χ2n) is 12.5.